The number of carboxylic acids is 1. The number of benzene rings is 3. The monoisotopic (exact) mass is 427 g/mol. The average Bonchev–Trinajstić information content (AvgIpc) is 3.42. The van der Waals surface area contributed by atoms with Gasteiger partial charge in [-0.2, -0.15) is 0 Å². The number of aliphatic carboxylic acids is 1. The molecule has 1 fully saturated rings. The highest BCUT2D eigenvalue weighted by Crippen LogP contribution is 2.36. The summed E-state index contributed by atoms with van der Waals surface area (Å²) in [5, 5.41) is 19.3. The lowest BCUT2D eigenvalue weighted by atomic mass is 9.85. The predicted octanol–water partition coefficient (Wildman–Crippen LogP) is 3.93. The molecule has 2 atom stereocenters. The molecule has 1 aliphatic heterocycles. The molecule has 0 saturated carbocycles. The molecule has 32 heavy (non-hydrogen) atoms. The Bertz CT molecular complexity index is 1310. The van der Waals surface area contributed by atoms with Crippen LogP contribution in [0.15, 0.2) is 72.9 Å². The molecule has 4 aromatic rings. The van der Waals surface area contributed by atoms with Crippen molar-refractivity contribution in [3.63, 3.8) is 0 Å². The number of carbonyl (C=O) groups is 2. The van der Waals surface area contributed by atoms with Crippen molar-refractivity contribution in [3.8, 4) is 0 Å². The quantitative estimate of drug-likeness (QED) is 0.375. The second-order valence-corrected chi connectivity index (χ2v) is 8.40. The Balaban J connectivity index is 1.37. The van der Waals surface area contributed by atoms with Gasteiger partial charge in [0.05, 0.1) is 0 Å². The fourth-order valence-electron chi connectivity index (χ4n) is 4.87. The van der Waals surface area contributed by atoms with Crippen LogP contribution in [0.1, 0.15) is 29.9 Å². The summed E-state index contributed by atoms with van der Waals surface area (Å²) in [5.41, 5.74) is 1.47. The van der Waals surface area contributed by atoms with E-state index in [1.165, 1.54) is 0 Å². The number of H-pyrrole nitrogens is 1. The van der Waals surface area contributed by atoms with Gasteiger partial charge in [0.15, 0.2) is 5.66 Å². The van der Waals surface area contributed by atoms with Crippen molar-refractivity contribution in [1.29, 1.82) is 0 Å². The third-order valence-electron chi connectivity index (χ3n) is 6.51. The fraction of sp³-hybridized carbons (Fsp3) is 0.231. The Kier molecular flexibility index (Phi) is 5.15. The van der Waals surface area contributed by atoms with Gasteiger partial charge >= 0.3 is 5.97 Å². The smallest absolute Gasteiger partial charge is 0.345 e. The number of aromatic nitrogens is 1. The molecule has 162 valence electrons. The standard InChI is InChI=1S/C26H25N3O3/c30-24(12-11-20-16-27-23-8-4-3-7-21(20)23)29-26(25(31)32)22(13-14-28-26)19-10-9-17-5-1-2-6-18(17)15-19/h1-10,15-16,22,27-28H,11-14H2,(H,29,30)(H,31,32)/t22?,26-/m1/s1. The van der Waals surface area contributed by atoms with Crippen molar-refractivity contribution in [1.82, 2.24) is 15.6 Å². The van der Waals surface area contributed by atoms with E-state index in [2.05, 4.69) is 15.6 Å². The lowest BCUT2D eigenvalue weighted by Crippen LogP contribution is -2.63. The maximum absolute atomic E-state index is 12.9. The number of hydrogen-bond donors (Lipinski definition) is 4. The lowest BCUT2D eigenvalue weighted by molar-refractivity contribution is -0.149. The van der Waals surface area contributed by atoms with E-state index >= 15 is 0 Å². The molecule has 0 spiro atoms. The van der Waals surface area contributed by atoms with Crippen LogP contribution in [0.5, 0.6) is 0 Å². The van der Waals surface area contributed by atoms with E-state index in [0.717, 1.165) is 32.8 Å². The first-order chi connectivity index (χ1) is 15.6. The largest absolute Gasteiger partial charge is 0.478 e. The summed E-state index contributed by atoms with van der Waals surface area (Å²) >= 11 is 0. The molecular formula is C26H25N3O3. The molecule has 1 saturated heterocycles. The van der Waals surface area contributed by atoms with Crippen LogP contribution in [-0.2, 0) is 16.0 Å². The molecule has 6 heteroatoms. The van der Waals surface area contributed by atoms with Crippen molar-refractivity contribution in [2.75, 3.05) is 6.54 Å². The number of hydrogen-bond acceptors (Lipinski definition) is 3. The highest BCUT2D eigenvalue weighted by atomic mass is 16.4. The normalized spacial score (nSPS) is 20.6. The summed E-state index contributed by atoms with van der Waals surface area (Å²) in [7, 11) is 0. The number of fused-ring (bicyclic) bond motifs is 2. The van der Waals surface area contributed by atoms with Crippen molar-refractivity contribution >= 4 is 33.6 Å². The van der Waals surface area contributed by atoms with E-state index in [1.807, 2.05) is 72.9 Å². The number of aryl methyl sites for hydroxylation is 1. The van der Waals surface area contributed by atoms with Gasteiger partial charge in [0.2, 0.25) is 5.91 Å². The minimum absolute atomic E-state index is 0.211. The number of aromatic amines is 1. The van der Waals surface area contributed by atoms with Crippen molar-refractivity contribution in [2.24, 2.45) is 0 Å². The van der Waals surface area contributed by atoms with Crippen LogP contribution < -0.4 is 10.6 Å². The summed E-state index contributed by atoms with van der Waals surface area (Å²) < 4.78 is 0. The Hall–Kier alpha value is -3.64. The van der Waals surface area contributed by atoms with E-state index < -0.39 is 11.6 Å². The van der Waals surface area contributed by atoms with Gasteiger partial charge in [-0.05, 0) is 47.4 Å². The van der Waals surface area contributed by atoms with Crippen LogP contribution in [0.4, 0.5) is 0 Å². The van der Waals surface area contributed by atoms with Crippen LogP contribution in [-0.4, -0.2) is 34.2 Å². The maximum Gasteiger partial charge on any atom is 0.345 e. The van der Waals surface area contributed by atoms with Gasteiger partial charge in [0.25, 0.3) is 0 Å². The molecule has 3 aromatic carbocycles. The third-order valence-corrected chi connectivity index (χ3v) is 6.51. The zero-order chi connectivity index (χ0) is 22.1. The van der Waals surface area contributed by atoms with Crippen LogP contribution in [0.2, 0.25) is 0 Å². The van der Waals surface area contributed by atoms with Gasteiger partial charge in [-0.15, -0.1) is 0 Å². The molecule has 5 rings (SSSR count). The number of rotatable bonds is 6. The van der Waals surface area contributed by atoms with Crippen LogP contribution in [0, 0.1) is 0 Å². The lowest BCUT2D eigenvalue weighted by Gasteiger charge is -2.32. The van der Waals surface area contributed by atoms with Crippen LogP contribution in [0.3, 0.4) is 0 Å². The molecule has 0 aliphatic carbocycles. The van der Waals surface area contributed by atoms with E-state index in [9.17, 15) is 14.7 Å². The zero-order valence-corrected chi connectivity index (χ0v) is 17.6. The fourth-order valence-corrected chi connectivity index (χ4v) is 4.87. The third kappa shape index (κ3) is 3.52. The van der Waals surface area contributed by atoms with Gasteiger partial charge in [0, 0.05) is 29.4 Å². The zero-order valence-electron chi connectivity index (χ0n) is 17.6. The molecule has 4 N–H and O–H groups in total. The molecule has 1 amide bonds. The number of nitrogens with one attached hydrogen (secondary N) is 3. The van der Waals surface area contributed by atoms with E-state index in [-0.39, 0.29) is 18.2 Å². The van der Waals surface area contributed by atoms with Crippen LogP contribution in [0.25, 0.3) is 21.7 Å². The topological polar surface area (TPSA) is 94.2 Å². The maximum atomic E-state index is 12.9. The molecule has 6 nitrogen and oxygen atoms in total. The van der Waals surface area contributed by atoms with E-state index in [4.69, 9.17) is 0 Å². The Morgan fingerprint density at radius 2 is 1.81 bits per heavy atom. The van der Waals surface area contributed by atoms with Crippen molar-refractivity contribution in [2.45, 2.75) is 30.8 Å². The minimum Gasteiger partial charge on any atom is -0.478 e. The molecule has 0 bridgehead atoms. The molecule has 2 heterocycles. The predicted molar refractivity (Wildman–Crippen MR) is 124 cm³/mol. The van der Waals surface area contributed by atoms with Crippen LogP contribution >= 0.6 is 0 Å². The number of carboxylic acid groups (broad SMARTS) is 1. The Morgan fingerprint density at radius 3 is 2.66 bits per heavy atom. The van der Waals surface area contributed by atoms with Gasteiger partial charge < -0.3 is 15.4 Å². The SMILES string of the molecule is O=C(CCc1c[nH]c2ccccc12)N[C@]1(C(=O)O)NCCC1c1ccc2ccccc2c1. The second kappa shape index (κ2) is 8.13. The van der Waals surface area contributed by atoms with Gasteiger partial charge in [-0.25, -0.2) is 4.79 Å². The first-order valence-corrected chi connectivity index (χ1v) is 10.9. The summed E-state index contributed by atoms with van der Waals surface area (Å²) in [4.78, 5) is 28.6. The molecule has 1 aromatic heterocycles. The average molecular weight is 428 g/mol. The molecular weight excluding hydrogens is 402 g/mol. The molecule has 1 aliphatic rings. The summed E-state index contributed by atoms with van der Waals surface area (Å²) in [5.74, 6) is -1.70. The highest BCUT2D eigenvalue weighted by Gasteiger charge is 2.51. The van der Waals surface area contributed by atoms with E-state index in [1.54, 1.807) is 0 Å². The number of carbonyl (C=O) groups excluding carboxylic acids is 1. The molecule has 0 radical (unpaired) electrons. The number of amides is 1. The second-order valence-electron chi connectivity index (χ2n) is 8.40. The Morgan fingerprint density at radius 1 is 1.03 bits per heavy atom. The van der Waals surface area contributed by atoms with Gasteiger partial charge in [-0.1, -0.05) is 60.7 Å². The van der Waals surface area contributed by atoms with Gasteiger partial charge in [-0.3, -0.25) is 10.1 Å². The molecule has 1 unspecified atom stereocenters. The van der Waals surface area contributed by atoms with Gasteiger partial charge in [0.1, 0.15) is 0 Å². The Labute approximate surface area is 185 Å². The first-order valence-electron chi connectivity index (χ1n) is 10.9. The minimum atomic E-state index is -1.51. The number of para-hydroxylation sites is 1. The summed E-state index contributed by atoms with van der Waals surface area (Å²) in [6, 6.07) is 21.9. The highest BCUT2D eigenvalue weighted by molar-refractivity contribution is 5.90. The first kappa shape index (κ1) is 20.3. The summed E-state index contributed by atoms with van der Waals surface area (Å²) in [6.07, 6.45) is 3.29. The summed E-state index contributed by atoms with van der Waals surface area (Å²) in [6.45, 7) is 0.520. The van der Waals surface area contributed by atoms with E-state index in [0.29, 0.717) is 19.4 Å². The van der Waals surface area contributed by atoms with Crippen molar-refractivity contribution < 1.29 is 14.7 Å². The van der Waals surface area contributed by atoms with Crippen molar-refractivity contribution in [3.05, 3.63) is 84.1 Å².